The van der Waals surface area contributed by atoms with Crippen molar-refractivity contribution in [2.45, 2.75) is 32.1 Å². The van der Waals surface area contributed by atoms with Crippen molar-refractivity contribution < 1.29 is 4.42 Å². The van der Waals surface area contributed by atoms with Gasteiger partial charge in [-0.15, -0.1) is 0 Å². The van der Waals surface area contributed by atoms with Crippen LogP contribution in [0.2, 0.25) is 0 Å². The normalized spacial score (nSPS) is 15.0. The highest BCUT2D eigenvalue weighted by Gasteiger charge is 2.18. The van der Waals surface area contributed by atoms with Gasteiger partial charge in [0.15, 0.2) is 0 Å². The average molecular weight is 362 g/mol. The third kappa shape index (κ3) is 4.19. The Kier molecular flexibility index (Phi) is 5.49. The van der Waals surface area contributed by atoms with Crippen molar-refractivity contribution in [2.75, 3.05) is 25.0 Å². The number of nitrogens with one attached hydrogen (secondary N) is 2. The molecule has 0 radical (unpaired) electrons. The van der Waals surface area contributed by atoms with Crippen LogP contribution in [0.25, 0.3) is 0 Å². The molecule has 1 aliphatic rings. The highest BCUT2D eigenvalue weighted by atomic mass is 16.3. The molecular formula is C22H26N4O. The third-order valence-electron chi connectivity index (χ3n) is 5.11. The van der Waals surface area contributed by atoms with Crippen LogP contribution in [0.1, 0.15) is 40.7 Å². The lowest BCUT2D eigenvalue weighted by Gasteiger charge is -2.18. The molecule has 140 valence electrons. The monoisotopic (exact) mass is 362 g/mol. The van der Waals surface area contributed by atoms with Crippen molar-refractivity contribution in [1.29, 1.82) is 0 Å². The maximum Gasteiger partial charge on any atom is 0.133 e. The van der Waals surface area contributed by atoms with E-state index >= 15 is 0 Å². The predicted octanol–water partition coefficient (Wildman–Crippen LogP) is 3.70. The molecule has 2 aromatic heterocycles. The van der Waals surface area contributed by atoms with Crippen LogP contribution in [0.4, 0.5) is 5.82 Å². The van der Waals surface area contributed by atoms with Gasteiger partial charge in [-0.2, -0.15) is 0 Å². The van der Waals surface area contributed by atoms with Gasteiger partial charge in [-0.1, -0.05) is 30.3 Å². The van der Waals surface area contributed by atoms with E-state index in [0.717, 1.165) is 56.3 Å². The van der Waals surface area contributed by atoms with Crippen LogP contribution in [0.5, 0.6) is 0 Å². The fourth-order valence-electron chi connectivity index (χ4n) is 3.80. The minimum atomic E-state index is 0.233. The molecule has 27 heavy (non-hydrogen) atoms. The van der Waals surface area contributed by atoms with E-state index in [9.17, 15) is 0 Å². The molecule has 0 fully saturated rings. The van der Waals surface area contributed by atoms with Crippen molar-refractivity contribution in [3.8, 4) is 0 Å². The molecule has 4 rings (SSSR count). The van der Waals surface area contributed by atoms with Crippen LogP contribution in [-0.4, -0.2) is 29.6 Å². The van der Waals surface area contributed by atoms with Gasteiger partial charge in [-0.25, -0.2) is 9.97 Å². The predicted molar refractivity (Wildman–Crippen MR) is 107 cm³/mol. The van der Waals surface area contributed by atoms with Crippen LogP contribution in [0.15, 0.2) is 53.1 Å². The third-order valence-corrected chi connectivity index (χ3v) is 5.11. The van der Waals surface area contributed by atoms with Crippen LogP contribution < -0.4 is 10.6 Å². The Morgan fingerprint density at radius 3 is 2.74 bits per heavy atom. The number of benzene rings is 1. The summed E-state index contributed by atoms with van der Waals surface area (Å²) < 4.78 is 5.72. The fraction of sp³-hybridized carbons (Fsp3) is 0.364. The summed E-state index contributed by atoms with van der Waals surface area (Å²) in [6.07, 6.45) is 4.62. The molecule has 1 unspecified atom stereocenters. The first-order valence-corrected chi connectivity index (χ1v) is 9.70. The van der Waals surface area contributed by atoms with E-state index in [1.165, 1.54) is 16.8 Å². The molecule has 0 spiro atoms. The zero-order valence-corrected chi connectivity index (χ0v) is 15.7. The van der Waals surface area contributed by atoms with Gasteiger partial charge >= 0.3 is 0 Å². The second-order valence-corrected chi connectivity index (χ2v) is 6.99. The van der Waals surface area contributed by atoms with Gasteiger partial charge in [0.05, 0.1) is 12.0 Å². The van der Waals surface area contributed by atoms with Gasteiger partial charge in [0.25, 0.3) is 0 Å². The standard InChI is InChI=1S/C22H26N4O/c1-16-25-20-11-13-23-12-9-19(20)22(26-16)24-14-10-18(21-8-5-15-27-21)17-6-3-2-4-7-17/h2-8,15,18,23H,9-14H2,1H3,(H,24,25,26). The number of anilines is 1. The summed E-state index contributed by atoms with van der Waals surface area (Å²) in [6, 6.07) is 14.6. The molecule has 1 aliphatic heterocycles. The second-order valence-electron chi connectivity index (χ2n) is 6.99. The summed E-state index contributed by atoms with van der Waals surface area (Å²) >= 11 is 0. The minimum Gasteiger partial charge on any atom is -0.469 e. The quantitative estimate of drug-likeness (QED) is 0.700. The van der Waals surface area contributed by atoms with Gasteiger partial charge in [0, 0.05) is 31.0 Å². The summed E-state index contributed by atoms with van der Waals surface area (Å²) in [5, 5.41) is 7.03. The van der Waals surface area contributed by atoms with E-state index in [4.69, 9.17) is 4.42 Å². The molecule has 0 saturated carbocycles. The lowest BCUT2D eigenvalue weighted by atomic mass is 9.93. The fourth-order valence-corrected chi connectivity index (χ4v) is 3.80. The first kappa shape index (κ1) is 17.7. The lowest BCUT2D eigenvalue weighted by Crippen LogP contribution is -2.16. The largest absolute Gasteiger partial charge is 0.469 e. The maximum absolute atomic E-state index is 5.72. The molecule has 0 amide bonds. The molecule has 5 heteroatoms. The van der Waals surface area contributed by atoms with Crippen molar-refractivity contribution in [3.05, 3.63) is 77.1 Å². The Morgan fingerprint density at radius 1 is 1.07 bits per heavy atom. The number of hydrogen-bond donors (Lipinski definition) is 2. The van der Waals surface area contributed by atoms with Gasteiger partial charge in [-0.3, -0.25) is 0 Å². The van der Waals surface area contributed by atoms with Gasteiger partial charge in [0.2, 0.25) is 0 Å². The SMILES string of the molecule is Cc1nc2c(c(NCCC(c3ccccc3)c3ccco3)n1)CCNCC2. The zero-order chi connectivity index (χ0) is 18.5. The molecule has 2 N–H and O–H groups in total. The topological polar surface area (TPSA) is 63.0 Å². The summed E-state index contributed by atoms with van der Waals surface area (Å²) in [5.41, 5.74) is 3.72. The van der Waals surface area contributed by atoms with Crippen molar-refractivity contribution in [2.24, 2.45) is 0 Å². The maximum atomic E-state index is 5.72. The molecule has 0 aliphatic carbocycles. The van der Waals surface area contributed by atoms with E-state index in [-0.39, 0.29) is 5.92 Å². The average Bonchev–Trinajstić information content (AvgIpc) is 3.11. The Labute approximate surface area is 160 Å². The van der Waals surface area contributed by atoms with E-state index in [1.807, 2.05) is 19.1 Å². The number of nitrogens with zero attached hydrogens (tertiary/aromatic N) is 2. The van der Waals surface area contributed by atoms with E-state index < -0.39 is 0 Å². The number of aromatic nitrogens is 2. The summed E-state index contributed by atoms with van der Waals surface area (Å²) in [4.78, 5) is 9.35. The Hall–Kier alpha value is -2.66. The van der Waals surface area contributed by atoms with Crippen LogP contribution in [0, 0.1) is 6.92 Å². The molecule has 3 aromatic rings. The Balaban J connectivity index is 1.51. The number of furan rings is 1. The van der Waals surface area contributed by atoms with Crippen molar-refractivity contribution in [3.63, 3.8) is 0 Å². The van der Waals surface area contributed by atoms with E-state index in [0.29, 0.717) is 0 Å². The molecule has 5 nitrogen and oxygen atoms in total. The number of hydrogen-bond acceptors (Lipinski definition) is 5. The molecule has 3 heterocycles. The van der Waals surface area contributed by atoms with Crippen LogP contribution in [0.3, 0.4) is 0 Å². The number of fused-ring (bicyclic) bond motifs is 1. The van der Waals surface area contributed by atoms with Gasteiger partial charge in [0.1, 0.15) is 17.4 Å². The van der Waals surface area contributed by atoms with Gasteiger partial charge in [-0.05, 0) is 44.0 Å². The minimum absolute atomic E-state index is 0.233. The van der Waals surface area contributed by atoms with Crippen molar-refractivity contribution >= 4 is 5.82 Å². The summed E-state index contributed by atoms with van der Waals surface area (Å²) in [6.45, 7) is 4.76. The number of rotatable bonds is 6. The summed E-state index contributed by atoms with van der Waals surface area (Å²) in [7, 11) is 0. The highest BCUT2D eigenvalue weighted by molar-refractivity contribution is 5.47. The second kappa shape index (κ2) is 8.35. The Morgan fingerprint density at radius 2 is 1.93 bits per heavy atom. The zero-order valence-electron chi connectivity index (χ0n) is 15.7. The molecule has 0 bridgehead atoms. The lowest BCUT2D eigenvalue weighted by molar-refractivity contribution is 0.477. The van der Waals surface area contributed by atoms with Crippen LogP contribution in [-0.2, 0) is 12.8 Å². The van der Waals surface area contributed by atoms with Crippen LogP contribution >= 0.6 is 0 Å². The number of aryl methyl sites for hydroxylation is 1. The molecular weight excluding hydrogens is 336 g/mol. The van der Waals surface area contributed by atoms with Gasteiger partial charge < -0.3 is 15.1 Å². The molecule has 1 aromatic carbocycles. The van der Waals surface area contributed by atoms with Crippen molar-refractivity contribution in [1.82, 2.24) is 15.3 Å². The molecule has 0 saturated heterocycles. The highest BCUT2D eigenvalue weighted by Crippen LogP contribution is 2.28. The summed E-state index contributed by atoms with van der Waals surface area (Å²) in [5.74, 6) is 3.07. The Bertz CT molecular complexity index is 862. The smallest absolute Gasteiger partial charge is 0.133 e. The van der Waals surface area contributed by atoms with E-state index in [1.54, 1.807) is 6.26 Å². The first-order valence-electron chi connectivity index (χ1n) is 9.70. The molecule has 1 atom stereocenters. The van der Waals surface area contributed by atoms with E-state index in [2.05, 4.69) is 50.9 Å². The first-order chi connectivity index (χ1) is 13.3.